The fourth-order valence-corrected chi connectivity index (χ4v) is 2.55. The molecule has 0 radical (unpaired) electrons. The Labute approximate surface area is 94.9 Å². The maximum Gasteiger partial charge on any atom is 0.164 e. The Balaban J connectivity index is 2.79. The van der Waals surface area contributed by atoms with Crippen molar-refractivity contribution in [2.24, 2.45) is 5.41 Å². The van der Waals surface area contributed by atoms with Gasteiger partial charge in [0.1, 0.15) is 6.21 Å². The normalized spacial score (nSPS) is 18.6. The predicted octanol–water partition coefficient (Wildman–Crippen LogP) is 3.98. The van der Waals surface area contributed by atoms with Crippen LogP contribution in [0.2, 0.25) is 0 Å². The summed E-state index contributed by atoms with van der Waals surface area (Å²) in [5, 5.41) is 0. The van der Waals surface area contributed by atoms with Gasteiger partial charge in [-0.2, -0.15) is 0 Å². The summed E-state index contributed by atoms with van der Waals surface area (Å²) in [6, 6.07) is 0. The first-order valence-electron chi connectivity index (χ1n) is 6.10. The van der Waals surface area contributed by atoms with E-state index in [1.165, 1.54) is 25.7 Å². The second-order valence-corrected chi connectivity index (χ2v) is 6.46. The summed E-state index contributed by atoms with van der Waals surface area (Å²) >= 11 is 0. The van der Waals surface area contributed by atoms with Gasteiger partial charge < -0.3 is 0 Å². The van der Waals surface area contributed by atoms with E-state index in [1.807, 2.05) is 0 Å². The van der Waals surface area contributed by atoms with E-state index in [1.54, 1.807) is 0 Å². The van der Waals surface area contributed by atoms with Gasteiger partial charge in [0.15, 0.2) is 11.7 Å². The molecule has 86 valence electrons. The molecular weight excluding hydrogens is 182 g/mol. The van der Waals surface area contributed by atoms with Crippen molar-refractivity contribution in [1.82, 2.24) is 0 Å². The van der Waals surface area contributed by atoms with Crippen molar-refractivity contribution in [1.29, 1.82) is 0 Å². The lowest BCUT2D eigenvalue weighted by atomic mass is 9.81. The Morgan fingerprint density at radius 1 is 1.07 bits per heavy atom. The van der Waals surface area contributed by atoms with Crippen LogP contribution in [-0.4, -0.2) is 16.3 Å². The molecule has 0 fully saturated rings. The zero-order valence-corrected chi connectivity index (χ0v) is 11.0. The Bertz CT molecular complexity index is 264. The van der Waals surface area contributed by atoms with E-state index in [2.05, 4.69) is 57.7 Å². The predicted molar refractivity (Wildman–Crippen MR) is 67.5 cm³/mol. The highest BCUT2D eigenvalue weighted by Crippen LogP contribution is 2.29. The molecule has 0 spiro atoms. The number of nitrogens with zero attached hydrogens (tertiary/aromatic N) is 1. The molecule has 0 aromatic rings. The molecule has 1 heteroatoms. The summed E-state index contributed by atoms with van der Waals surface area (Å²) in [5.41, 5.74) is 0.622. The lowest BCUT2D eigenvalue weighted by molar-refractivity contribution is -0.540. The number of rotatable bonds is 2. The van der Waals surface area contributed by atoms with Gasteiger partial charge in [0.25, 0.3) is 0 Å². The van der Waals surface area contributed by atoms with Crippen LogP contribution >= 0.6 is 0 Å². The first-order chi connectivity index (χ1) is 6.81. The lowest BCUT2D eigenvalue weighted by Crippen LogP contribution is -2.37. The van der Waals surface area contributed by atoms with Gasteiger partial charge in [0.2, 0.25) is 0 Å². The van der Waals surface area contributed by atoms with Gasteiger partial charge >= 0.3 is 0 Å². The van der Waals surface area contributed by atoms with Crippen molar-refractivity contribution in [3.05, 3.63) is 12.3 Å². The minimum absolute atomic E-state index is 0.235. The van der Waals surface area contributed by atoms with E-state index >= 15 is 0 Å². The lowest BCUT2D eigenvalue weighted by Gasteiger charge is -2.28. The summed E-state index contributed by atoms with van der Waals surface area (Å²) in [7, 11) is 0. The molecule has 0 unspecified atom stereocenters. The average Bonchev–Trinajstić information content (AvgIpc) is 2.25. The van der Waals surface area contributed by atoms with Crippen LogP contribution in [0.5, 0.6) is 0 Å². The second kappa shape index (κ2) is 4.51. The molecular formula is C14H26N+. The Hall–Kier alpha value is -0.590. The highest BCUT2D eigenvalue weighted by molar-refractivity contribution is 5.52. The van der Waals surface area contributed by atoms with Crippen molar-refractivity contribution in [3.8, 4) is 0 Å². The van der Waals surface area contributed by atoms with Crippen molar-refractivity contribution in [2.75, 3.05) is 0 Å². The van der Waals surface area contributed by atoms with Crippen LogP contribution in [0.1, 0.15) is 60.3 Å². The van der Waals surface area contributed by atoms with E-state index < -0.39 is 0 Å². The Morgan fingerprint density at radius 2 is 1.73 bits per heavy atom. The standard InChI is InChI=1S/C14H26N/c1-13(2,3)12-14(4,5)15-10-8-6-7-9-11-15/h8,10-11H,6-7,9,12H2,1-5H3/q+1. The third-order valence-corrected chi connectivity index (χ3v) is 2.83. The van der Waals surface area contributed by atoms with Gasteiger partial charge in [-0.15, -0.1) is 0 Å². The van der Waals surface area contributed by atoms with Gasteiger partial charge in [-0.3, -0.25) is 0 Å². The molecule has 0 saturated heterocycles. The summed E-state index contributed by atoms with van der Waals surface area (Å²) in [6.45, 7) is 11.6. The monoisotopic (exact) mass is 208 g/mol. The number of allylic oxidation sites excluding steroid dienone is 1. The summed E-state index contributed by atoms with van der Waals surface area (Å²) in [5.74, 6) is 0. The van der Waals surface area contributed by atoms with E-state index in [-0.39, 0.29) is 5.54 Å². The molecule has 1 aliphatic heterocycles. The zero-order chi connectivity index (χ0) is 11.5. The molecule has 1 heterocycles. The topological polar surface area (TPSA) is 3.01 Å². The number of hydrogen-bond acceptors (Lipinski definition) is 0. The summed E-state index contributed by atoms with van der Waals surface area (Å²) in [4.78, 5) is 0. The van der Waals surface area contributed by atoms with Crippen LogP contribution in [-0.2, 0) is 0 Å². The van der Waals surface area contributed by atoms with Crippen molar-refractivity contribution < 1.29 is 4.58 Å². The van der Waals surface area contributed by atoms with Crippen LogP contribution in [0, 0.1) is 5.41 Å². The molecule has 0 saturated carbocycles. The molecule has 0 amide bonds. The first kappa shape index (κ1) is 12.5. The highest BCUT2D eigenvalue weighted by atomic mass is 15.1. The van der Waals surface area contributed by atoms with Crippen molar-refractivity contribution >= 4 is 6.21 Å². The maximum atomic E-state index is 2.41. The smallest absolute Gasteiger partial charge is 0.164 e. The van der Waals surface area contributed by atoms with E-state index in [0.29, 0.717) is 5.41 Å². The molecule has 0 bridgehead atoms. The van der Waals surface area contributed by atoms with Crippen LogP contribution in [0.15, 0.2) is 12.3 Å². The van der Waals surface area contributed by atoms with Gasteiger partial charge in [-0.1, -0.05) is 20.8 Å². The Morgan fingerprint density at radius 3 is 2.33 bits per heavy atom. The van der Waals surface area contributed by atoms with Gasteiger partial charge in [-0.25, -0.2) is 4.58 Å². The van der Waals surface area contributed by atoms with E-state index in [9.17, 15) is 0 Å². The van der Waals surface area contributed by atoms with Crippen LogP contribution < -0.4 is 0 Å². The second-order valence-electron chi connectivity index (χ2n) is 6.46. The summed E-state index contributed by atoms with van der Waals surface area (Å²) in [6.07, 6.45) is 11.8. The fourth-order valence-electron chi connectivity index (χ4n) is 2.55. The van der Waals surface area contributed by atoms with Gasteiger partial charge in [0, 0.05) is 26.7 Å². The average molecular weight is 208 g/mol. The highest BCUT2D eigenvalue weighted by Gasteiger charge is 2.34. The molecule has 1 aliphatic rings. The molecule has 0 aromatic heterocycles. The third kappa shape index (κ3) is 4.19. The molecule has 1 nitrogen and oxygen atoms in total. The quantitative estimate of drug-likeness (QED) is 0.604. The SMILES string of the molecule is CC(C)(C)CC(C)(C)[N+]1=CCCCC=C1. The molecule has 15 heavy (non-hydrogen) atoms. The van der Waals surface area contributed by atoms with Gasteiger partial charge in [-0.05, 0) is 24.3 Å². The van der Waals surface area contributed by atoms with Crippen LogP contribution in [0.3, 0.4) is 0 Å². The number of hydrogen-bond donors (Lipinski definition) is 0. The molecule has 0 N–H and O–H groups in total. The minimum Gasteiger partial charge on any atom is -0.205 e. The van der Waals surface area contributed by atoms with Crippen LogP contribution in [0.4, 0.5) is 0 Å². The maximum absolute atomic E-state index is 2.41. The molecule has 0 aliphatic carbocycles. The zero-order valence-electron chi connectivity index (χ0n) is 11.0. The minimum atomic E-state index is 0.235. The first-order valence-corrected chi connectivity index (χ1v) is 6.10. The van der Waals surface area contributed by atoms with Gasteiger partial charge in [0.05, 0.1) is 0 Å². The Kier molecular flexibility index (Phi) is 3.75. The molecule has 0 atom stereocenters. The molecule has 1 rings (SSSR count). The van der Waals surface area contributed by atoms with Crippen molar-refractivity contribution in [3.63, 3.8) is 0 Å². The largest absolute Gasteiger partial charge is 0.205 e. The third-order valence-electron chi connectivity index (χ3n) is 2.83. The fraction of sp³-hybridized carbons (Fsp3) is 0.786. The van der Waals surface area contributed by atoms with Crippen molar-refractivity contribution in [2.45, 2.75) is 65.8 Å². The van der Waals surface area contributed by atoms with E-state index in [0.717, 1.165) is 0 Å². The van der Waals surface area contributed by atoms with E-state index in [4.69, 9.17) is 0 Å². The van der Waals surface area contributed by atoms with Crippen LogP contribution in [0.25, 0.3) is 0 Å². The summed E-state index contributed by atoms with van der Waals surface area (Å²) < 4.78 is 2.41. The molecule has 0 aromatic carbocycles.